The van der Waals surface area contributed by atoms with Crippen LogP contribution < -0.4 is 10.4 Å². The first-order valence-corrected chi connectivity index (χ1v) is 9.00. The zero-order chi connectivity index (χ0) is 16.8. The number of fused-ring (bicyclic) bond motifs is 4. The third-order valence-corrected chi connectivity index (χ3v) is 5.53. The normalized spacial score (nSPS) is 20.5. The second-order valence-electron chi connectivity index (χ2n) is 6.97. The van der Waals surface area contributed by atoms with E-state index in [9.17, 15) is 5.11 Å². The Balaban J connectivity index is 1.97. The van der Waals surface area contributed by atoms with Crippen molar-refractivity contribution in [2.24, 2.45) is 0 Å². The van der Waals surface area contributed by atoms with Crippen LogP contribution in [0.15, 0.2) is 66.7 Å². The van der Waals surface area contributed by atoms with E-state index >= 15 is 0 Å². The molecule has 2 atom stereocenters. The van der Waals surface area contributed by atoms with Crippen LogP contribution in [0.2, 0.25) is 0 Å². The van der Waals surface area contributed by atoms with Crippen LogP contribution in [0.3, 0.4) is 0 Å². The second kappa shape index (κ2) is 5.72. The van der Waals surface area contributed by atoms with Crippen molar-refractivity contribution in [3.8, 4) is 0 Å². The quantitative estimate of drug-likeness (QED) is 0.726. The van der Waals surface area contributed by atoms with E-state index in [0.717, 1.165) is 18.4 Å². The third kappa shape index (κ3) is 2.27. The standard InChI is InChI=1S/C24H20O/c25-22-12-6-10-17-13-14-20-19-11-5-4-9-18(19)15-21(24(20)23(17)22)16-7-2-1-3-8-16/h1-5,7-11,13-15,21-22,25H,6,12H2. The summed E-state index contributed by atoms with van der Waals surface area (Å²) in [6.07, 6.45) is 6.01. The Labute approximate surface area is 146 Å². The van der Waals surface area contributed by atoms with Gasteiger partial charge in [-0.15, -0.1) is 0 Å². The van der Waals surface area contributed by atoms with Gasteiger partial charge in [-0.3, -0.25) is 0 Å². The van der Waals surface area contributed by atoms with Gasteiger partial charge >= 0.3 is 0 Å². The van der Waals surface area contributed by atoms with Crippen LogP contribution in [0.25, 0.3) is 12.2 Å². The minimum atomic E-state index is -0.375. The highest BCUT2D eigenvalue weighted by Gasteiger charge is 2.25. The molecule has 0 spiro atoms. The molecular weight excluding hydrogens is 304 g/mol. The van der Waals surface area contributed by atoms with Crippen molar-refractivity contribution in [3.05, 3.63) is 104 Å². The summed E-state index contributed by atoms with van der Waals surface area (Å²) in [4.78, 5) is 0. The molecule has 0 saturated carbocycles. The average molecular weight is 324 g/mol. The van der Waals surface area contributed by atoms with Crippen molar-refractivity contribution in [1.29, 1.82) is 0 Å². The largest absolute Gasteiger partial charge is 0.388 e. The number of hydrogen-bond acceptors (Lipinski definition) is 1. The van der Waals surface area contributed by atoms with Gasteiger partial charge in [-0.25, -0.2) is 0 Å². The van der Waals surface area contributed by atoms with Crippen molar-refractivity contribution >= 4 is 12.2 Å². The Kier molecular flexibility index (Phi) is 3.36. The molecule has 2 aliphatic carbocycles. The Morgan fingerprint density at radius 1 is 0.720 bits per heavy atom. The van der Waals surface area contributed by atoms with Crippen LogP contribution in [0.5, 0.6) is 0 Å². The molecule has 0 saturated heterocycles. The molecule has 0 fully saturated rings. The van der Waals surface area contributed by atoms with Gasteiger partial charge in [-0.2, -0.15) is 0 Å². The summed E-state index contributed by atoms with van der Waals surface area (Å²) >= 11 is 0. The molecule has 0 heterocycles. The first kappa shape index (κ1) is 14.7. The van der Waals surface area contributed by atoms with E-state index in [1.54, 1.807) is 0 Å². The number of aliphatic hydroxyl groups is 1. The highest BCUT2D eigenvalue weighted by molar-refractivity contribution is 5.57. The van der Waals surface area contributed by atoms with E-state index in [4.69, 9.17) is 0 Å². The molecule has 25 heavy (non-hydrogen) atoms. The van der Waals surface area contributed by atoms with Gasteiger partial charge in [0.05, 0.1) is 6.10 Å². The van der Waals surface area contributed by atoms with E-state index < -0.39 is 0 Å². The van der Waals surface area contributed by atoms with Crippen molar-refractivity contribution < 1.29 is 5.11 Å². The molecule has 0 radical (unpaired) electrons. The smallest absolute Gasteiger partial charge is 0.0801 e. The maximum Gasteiger partial charge on any atom is 0.0801 e. The Morgan fingerprint density at radius 3 is 2.40 bits per heavy atom. The van der Waals surface area contributed by atoms with E-state index in [2.05, 4.69) is 78.9 Å². The molecule has 1 N–H and O–H groups in total. The Bertz CT molecular complexity index is 1160. The summed E-state index contributed by atoms with van der Waals surface area (Å²) in [6, 6.07) is 23.6. The lowest BCUT2D eigenvalue weighted by Gasteiger charge is -2.26. The van der Waals surface area contributed by atoms with Crippen molar-refractivity contribution in [3.63, 3.8) is 0 Å². The molecule has 3 aromatic rings. The van der Waals surface area contributed by atoms with Crippen LogP contribution in [0.4, 0.5) is 0 Å². The topological polar surface area (TPSA) is 20.2 Å². The lowest BCUT2D eigenvalue weighted by atomic mass is 9.79. The van der Waals surface area contributed by atoms with Gasteiger partial charge in [-0.1, -0.05) is 78.9 Å². The molecule has 5 rings (SSSR count). The molecule has 0 amide bonds. The Hall–Kier alpha value is -2.64. The van der Waals surface area contributed by atoms with Gasteiger partial charge < -0.3 is 5.11 Å². The fourth-order valence-electron chi connectivity index (χ4n) is 4.39. The summed E-state index contributed by atoms with van der Waals surface area (Å²) in [5.74, 6) is 0.183. The van der Waals surface area contributed by atoms with Crippen LogP contribution in [-0.2, 0) is 0 Å². The summed E-state index contributed by atoms with van der Waals surface area (Å²) in [5.41, 5.74) is 3.69. The van der Waals surface area contributed by atoms with Gasteiger partial charge in [-0.05, 0) is 50.4 Å². The predicted molar refractivity (Wildman–Crippen MR) is 101 cm³/mol. The number of rotatable bonds is 1. The van der Waals surface area contributed by atoms with Gasteiger partial charge in [0.15, 0.2) is 0 Å². The average Bonchev–Trinajstić information content (AvgIpc) is 2.68. The van der Waals surface area contributed by atoms with Crippen LogP contribution in [-0.4, -0.2) is 5.11 Å². The van der Waals surface area contributed by atoms with Crippen LogP contribution in [0.1, 0.15) is 41.6 Å². The molecule has 122 valence electrons. The fraction of sp³-hybridized carbons (Fsp3) is 0.167. The second-order valence-corrected chi connectivity index (χ2v) is 6.97. The van der Waals surface area contributed by atoms with E-state index in [0.29, 0.717) is 0 Å². The fourth-order valence-corrected chi connectivity index (χ4v) is 4.39. The van der Waals surface area contributed by atoms with Gasteiger partial charge in [0.2, 0.25) is 0 Å². The molecule has 0 aliphatic heterocycles. The van der Waals surface area contributed by atoms with E-state index in [-0.39, 0.29) is 12.0 Å². The van der Waals surface area contributed by atoms with Gasteiger partial charge in [0.25, 0.3) is 0 Å². The Morgan fingerprint density at radius 2 is 1.52 bits per heavy atom. The highest BCUT2D eigenvalue weighted by Crippen LogP contribution is 2.35. The summed E-state index contributed by atoms with van der Waals surface area (Å²) in [6.45, 7) is 0. The monoisotopic (exact) mass is 324 g/mol. The predicted octanol–water partition coefficient (Wildman–Crippen LogP) is 3.51. The number of aliphatic hydroxyl groups excluding tert-OH is 1. The zero-order valence-corrected chi connectivity index (χ0v) is 14.0. The van der Waals surface area contributed by atoms with E-state index in [1.807, 2.05) is 0 Å². The van der Waals surface area contributed by atoms with Gasteiger partial charge in [0, 0.05) is 5.92 Å². The molecule has 2 unspecified atom stereocenters. The lowest BCUT2D eigenvalue weighted by Crippen LogP contribution is -2.25. The molecule has 2 aliphatic rings. The first-order valence-electron chi connectivity index (χ1n) is 9.00. The van der Waals surface area contributed by atoms with Crippen LogP contribution in [0, 0.1) is 10.4 Å². The third-order valence-electron chi connectivity index (χ3n) is 5.53. The lowest BCUT2D eigenvalue weighted by molar-refractivity contribution is 0.165. The molecule has 1 nitrogen and oxygen atoms in total. The molecule has 0 bridgehead atoms. The summed E-state index contributed by atoms with van der Waals surface area (Å²) in [5, 5.41) is 15.8. The van der Waals surface area contributed by atoms with Crippen molar-refractivity contribution in [2.45, 2.75) is 24.9 Å². The van der Waals surface area contributed by atoms with E-state index in [1.165, 1.54) is 32.0 Å². The van der Waals surface area contributed by atoms with Crippen molar-refractivity contribution in [1.82, 2.24) is 0 Å². The minimum absolute atomic E-state index is 0.183. The number of benzene rings is 3. The highest BCUT2D eigenvalue weighted by atomic mass is 16.3. The SMILES string of the molecule is OC1CCC=c2ccc3c(c21)C(c1ccccc1)C=c1ccccc1=3. The molecular formula is C24H20O. The zero-order valence-electron chi connectivity index (χ0n) is 14.0. The van der Waals surface area contributed by atoms with Gasteiger partial charge in [0.1, 0.15) is 0 Å². The summed E-state index contributed by atoms with van der Waals surface area (Å²) in [7, 11) is 0. The summed E-state index contributed by atoms with van der Waals surface area (Å²) < 4.78 is 0. The molecule has 3 aromatic carbocycles. The first-order chi connectivity index (χ1) is 12.3. The maximum atomic E-state index is 10.8. The van der Waals surface area contributed by atoms with Crippen LogP contribution >= 0.6 is 0 Å². The molecule has 0 aromatic heterocycles. The number of hydrogen-bond donors (Lipinski definition) is 1. The maximum absolute atomic E-state index is 10.8. The minimum Gasteiger partial charge on any atom is -0.388 e. The molecule has 1 heteroatoms. The van der Waals surface area contributed by atoms with Crippen molar-refractivity contribution in [2.75, 3.05) is 0 Å².